The molecule has 0 saturated heterocycles. The summed E-state index contributed by atoms with van der Waals surface area (Å²) < 4.78 is 40.4. The van der Waals surface area contributed by atoms with Crippen LogP contribution in [0, 0.1) is 5.82 Å². The Hall–Kier alpha value is -0.630. The lowest BCUT2D eigenvalue weighted by Gasteiger charge is -2.14. The normalized spacial score (nSPS) is 17.4. The number of nitrogens with one attached hydrogen (secondary N) is 1. The van der Waals surface area contributed by atoms with Crippen LogP contribution in [-0.2, 0) is 16.6 Å². The SMILES string of the molecule is CSC1(CNS(=O)(=O)c2ccc(CN)cc2F)CC1. The highest BCUT2D eigenvalue weighted by Crippen LogP contribution is 2.46. The Bertz CT molecular complexity index is 571. The van der Waals surface area contributed by atoms with Crippen molar-refractivity contribution in [1.82, 2.24) is 4.72 Å². The Balaban J connectivity index is 2.15. The van der Waals surface area contributed by atoms with Gasteiger partial charge in [-0.3, -0.25) is 0 Å². The van der Waals surface area contributed by atoms with Crippen molar-refractivity contribution in [3.05, 3.63) is 29.6 Å². The molecule has 0 radical (unpaired) electrons. The van der Waals surface area contributed by atoms with E-state index in [1.54, 1.807) is 11.8 Å². The Labute approximate surface area is 117 Å². The van der Waals surface area contributed by atoms with Crippen molar-refractivity contribution < 1.29 is 12.8 Å². The van der Waals surface area contributed by atoms with Gasteiger partial charge in [0.15, 0.2) is 0 Å². The molecular weight excluding hydrogens is 287 g/mol. The van der Waals surface area contributed by atoms with Crippen molar-refractivity contribution in [3.63, 3.8) is 0 Å². The van der Waals surface area contributed by atoms with Gasteiger partial charge in [0, 0.05) is 17.8 Å². The third-order valence-electron chi connectivity index (χ3n) is 3.35. The molecule has 0 atom stereocenters. The van der Waals surface area contributed by atoms with Gasteiger partial charge in [0.1, 0.15) is 10.7 Å². The maximum atomic E-state index is 13.8. The lowest BCUT2D eigenvalue weighted by Crippen LogP contribution is -2.32. The smallest absolute Gasteiger partial charge is 0.243 e. The molecule has 2 rings (SSSR count). The van der Waals surface area contributed by atoms with Gasteiger partial charge in [-0.2, -0.15) is 11.8 Å². The summed E-state index contributed by atoms with van der Waals surface area (Å²) in [5.74, 6) is -0.760. The Morgan fingerprint density at radius 1 is 1.47 bits per heavy atom. The van der Waals surface area contributed by atoms with Crippen LogP contribution in [0.4, 0.5) is 4.39 Å². The zero-order chi connectivity index (χ0) is 14.1. The van der Waals surface area contributed by atoms with Crippen LogP contribution >= 0.6 is 11.8 Å². The largest absolute Gasteiger partial charge is 0.326 e. The van der Waals surface area contributed by atoms with E-state index >= 15 is 0 Å². The summed E-state index contributed by atoms with van der Waals surface area (Å²) in [5, 5.41) is 0. The molecule has 1 aliphatic rings. The summed E-state index contributed by atoms with van der Waals surface area (Å²) in [4.78, 5) is -0.318. The molecule has 4 nitrogen and oxygen atoms in total. The summed E-state index contributed by atoms with van der Waals surface area (Å²) >= 11 is 1.65. The molecule has 19 heavy (non-hydrogen) atoms. The topological polar surface area (TPSA) is 72.2 Å². The van der Waals surface area contributed by atoms with Crippen LogP contribution in [0.2, 0.25) is 0 Å². The molecule has 0 aliphatic heterocycles. The lowest BCUT2D eigenvalue weighted by atomic mass is 10.2. The molecule has 1 saturated carbocycles. The van der Waals surface area contributed by atoms with E-state index < -0.39 is 15.8 Å². The zero-order valence-electron chi connectivity index (χ0n) is 10.6. The van der Waals surface area contributed by atoms with Crippen molar-refractivity contribution in [1.29, 1.82) is 0 Å². The van der Waals surface area contributed by atoms with Gasteiger partial charge in [-0.25, -0.2) is 17.5 Å². The molecule has 0 bridgehead atoms. The van der Waals surface area contributed by atoms with Gasteiger partial charge in [-0.1, -0.05) is 6.07 Å². The van der Waals surface area contributed by atoms with E-state index in [1.807, 2.05) is 6.26 Å². The number of nitrogens with two attached hydrogens (primary N) is 1. The molecule has 0 aromatic heterocycles. The second-order valence-corrected chi connectivity index (χ2v) is 7.69. The number of thioether (sulfide) groups is 1. The Morgan fingerprint density at radius 3 is 2.63 bits per heavy atom. The van der Waals surface area contributed by atoms with E-state index in [0.717, 1.165) is 18.9 Å². The van der Waals surface area contributed by atoms with Gasteiger partial charge >= 0.3 is 0 Å². The fraction of sp³-hybridized carbons (Fsp3) is 0.500. The third kappa shape index (κ3) is 3.28. The summed E-state index contributed by atoms with van der Waals surface area (Å²) in [5.41, 5.74) is 5.95. The van der Waals surface area contributed by atoms with Crippen molar-refractivity contribution in [3.8, 4) is 0 Å². The first-order valence-electron chi connectivity index (χ1n) is 5.96. The van der Waals surface area contributed by atoms with E-state index in [4.69, 9.17) is 5.73 Å². The maximum Gasteiger partial charge on any atom is 0.243 e. The zero-order valence-corrected chi connectivity index (χ0v) is 12.3. The summed E-state index contributed by atoms with van der Waals surface area (Å²) in [6, 6.07) is 3.95. The lowest BCUT2D eigenvalue weighted by molar-refractivity contribution is 0.555. The molecule has 7 heteroatoms. The minimum absolute atomic E-state index is 0.000740. The minimum Gasteiger partial charge on any atom is -0.326 e. The van der Waals surface area contributed by atoms with Gasteiger partial charge in [0.2, 0.25) is 10.0 Å². The van der Waals surface area contributed by atoms with E-state index in [2.05, 4.69) is 4.72 Å². The summed E-state index contributed by atoms with van der Waals surface area (Å²) in [6.07, 6.45) is 3.94. The first-order valence-corrected chi connectivity index (χ1v) is 8.66. The molecular formula is C12H17FN2O2S2. The van der Waals surface area contributed by atoms with Gasteiger partial charge in [-0.05, 0) is 36.8 Å². The van der Waals surface area contributed by atoms with Crippen molar-refractivity contribution >= 4 is 21.8 Å². The molecule has 1 aromatic rings. The first kappa shape index (κ1) is 14.8. The monoisotopic (exact) mass is 304 g/mol. The van der Waals surface area contributed by atoms with E-state index in [9.17, 15) is 12.8 Å². The number of halogens is 1. The molecule has 0 unspecified atom stereocenters. The number of sulfonamides is 1. The highest BCUT2D eigenvalue weighted by atomic mass is 32.2. The first-order chi connectivity index (χ1) is 8.92. The quantitative estimate of drug-likeness (QED) is 0.834. The van der Waals surface area contributed by atoms with E-state index in [0.29, 0.717) is 12.1 Å². The van der Waals surface area contributed by atoms with Crippen LogP contribution in [0.3, 0.4) is 0 Å². The molecule has 1 fully saturated rings. The highest BCUT2D eigenvalue weighted by Gasteiger charge is 2.42. The molecule has 1 aromatic carbocycles. The van der Waals surface area contributed by atoms with Crippen molar-refractivity contribution in [2.75, 3.05) is 12.8 Å². The minimum atomic E-state index is -3.80. The molecule has 0 heterocycles. The summed E-state index contributed by atoms with van der Waals surface area (Å²) in [6.45, 7) is 0.523. The average molecular weight is 304 g/mol. The number of benzene rings is 1. The van der Waals surface area contributed by atoms with Gasteiger partial charge in [-0.15, -0.1) is 0 Å². The fourth-order valence-corrected chi connectivity index (χ4v) is 3.79. The van der Waals surface area contributed by atoms with Crippen LogP contribution in [-0.4, -0.2) is 26.0 Å². The van der Waals surface area contributed by atoms with Crippen LogP contribution in [0.25, 0.3) is 0 Å². The fourth-order valence-electron chi connectivity index (χ4n) is 1.79. The molecule has 106 valence electrons. The summed E-state index contributed by atoms with van der Waals surface area (Å²) in [7, 11) is -3.80. The van der Waals surface area contributed by atoms with E-state index in [1.165, 1.54) is 12.1 Å². The second-order valence-electron chi connectivity index (χ2n) is 4.68. The highest BCUT2D eigenvalue weighted by molar-refractivity contribution is 8.00. The Kier molecular flexibility index (Phi) is 4.20. The molecule has 0 amide bonds. The number of rotatable bonds is 6. The molecule has 3 N–H and O–H groups in total. The standard InChI is InChI=1S/C12H17FN2O2S2/c1-18-12(4-5-12)8-15-19(16,17)11-3-2-9(7-14)6-10(11)13/h2-3,6,15H,4-5,7-8,14H2,1H3. The average Bonchev–Trinajstić information content (AvgIpc) is 3.17. The predicted octanol–water partition coefficient (Wildman–Crippen LogP) is 1.46. The molecule has 0 spiro atoms. The number of hydrogen-bond acceptors (Lipinski definition) is 4. The second kappa shape index (κ2) is 5.40. The predicted molar refractivity (Wildman–Crippen MR) is 75.0 cm³/mol. The molecule has 1 aliphatic carbocycles. The third-order valence-corrected chi connectivity index (χ3v) is 6.20. The van der Waals surface area contributed by atoms with E-state index in [-0.39, 0.29) is 16.2 Å². The van der Waals surface area contributed by atoms with Crippen LogP contribution < -0.4 is 10.5 Å². The van der Waals surface area contributed by atoms with Crippen LogP contribution in [0.5, 0.6) is 0 Å². The number of hydrogen-bond donors (Lipinski definition) is 2. The van der Waals surface area contributed by atoms with Gasteiger partial charge in [0.05, 0.1) is 0 Å². The van der Waals surface area contributed by atoms with Crippen LogP contribution in [0.1, 0.15) is 18.4 Å². The van der Waals surface area contributed by atoms with Crippen molar-refractivity contribution in [2.24, 2.45) is 5.73 Å². The maximum absolute atomic E-state index is 13.8. The Morgan fingerprint density at radius 2 is 2.16 bits per heavy atom. The van der Waals surface area contributed by atoms with Crippen molar-refractivity contribution in [2.45, 2.75) is 29.0 Å². The van der Waals surface area contributed by atoms with Crippen LogP contribution in [0.15, 0.2) is 23.1 Å². The van der Waals surface area contributed by atoms with Gasteiger partial charge in [0.25, 0.3) is 0 Å². The van der Waals surface area contributed by atoms with Gasteiger partial charge < -0.3 is 5.73 Å².